The van der Waals surface area contributed by atoms with Gasteiger partial charge in [0.1, 0.15) is 0 Å². The molecule has 1 amide bonds. The molecule has 3 heteroatoms. The molecule has 0 unspecified atom stereocenters. The van der Waals surface area contributed by atoms with Crippen molar-refractivity contribution in [2.24, 2.45) is 5.92 Å². The van der Waals surface area contributed by atoms with Gasteiger partial charge in [0.15, 0.2) is 0 Å². The Morgan fingerprint density at radius 2 is 2.15 bits per heavy atom. The third-order valence-electron chi connectivity index (χ3n) is 2.09. The van der Waals surface area contributed by atoms with E-state index in [4.69, 9.17) is 0 Å². The van der Waals surface area contributed by atoms with E-state index in [9.17, 15) is 4.79 Å². The summed E-state index contributed by atoms with van der Waals surface area (Å²) in [5.41, 5.74) is -0.0653. The van der Waals surface area contributed by atoms with E-state index in [1.807, 2.05) is 0 Å². The van der Waals surface area contributed by atoms with Crippen LogP contribution in [0.25, 0.3) is 0 Å². The van der Waals surface area contributed by atoms with E-state index in [1.165, 1.54) is 0 Å². The van der Waals surface area contributed by atoms with Crippen molar-refractivity contribution >= 4 is 5.91 Å². The summed E-state index contributed by atoms with van der Waals surface area (Å²) in [6, 6.07) is 0. The summed E-state index contributed by atoms with van der Waals surface area (Å²) >= 11 is 0. The van der Waals surface area contributed by atoms with E-state index in [0.717, 1.165) is 13.1 Å². The summed E-state index contributed by atoms with van der Waals surface area (Å²) in [5.74, 6) is 0.776. The Hall–Kier alpha value is -0.570. The molecule has 0 aromatic carbocycles. The Balaban J connectivity index is 2.53. The van der Waals surface area contributed by atoms with Gasteiger partial charge in [-0.15, -0.1) is 0 Å². The first-order valence-corrected chi connectivity index (χ1v) is 4.92. The van der Waals surface area contributed by atoms with Gasteiger partial charge in [-0.3, -0.25) is 9.69 Å². The van der Waals surface area contributed by atoms with Gasteiger partial charge >= 0.3 is 0 Å². The Kier molecular flexibility index (Phi) is 2.96. The maximum absolute atomic E-state index is 11.3. The van der Waals surface area contributed by atoms with Crippen molar-refractivity contribution in [1.29, 1.82) is 0 Å². The van der Waals surface area contributed by atoms with Crippen molar-refractivity contribution in [3.05, 3.63) is 0 Å². The average molecular weight is 184 g/mol. The van der Waals surface area contributed by atoms with Gasteiger partial charge in [-0.05, 0) is 19.8 Å². The van der Waals surface area contributed by atoms with Crippen molar-refractivity contribution in [2.75, 3.05) is 19.6 Å². The lowest BCUT2D eigenvalue weighted by Crippen LogP contribution is -2.60. The van der Waals surface area contributed by atoms with Crippen LogP contribution in [0, 0.1) is 5.92 Å². The topological polar surface area (TPSA) is 32.3 Å². The Bertz CT molecular complexity index is 199. The summed E-state index contributed by atoms with van der Waals surface area (Å²) < 4.78 is 0. The minimum atomic E-state index is -0.0653. The standard InChI is InChI=1S/C10H20N2O/c1-8(2)5-12-6-9(13)11-10(3,4)7-12/h8H,5-7H2,1-4H3,(H,11,13). The highest BCUT2D eigenvalue weighted by atomic mass is 16.2. The van der Waals surface area contributed by atoms with E-state index in [1.54, 1.807) is 0 Å². The summed E-state index contributed by atoms with van der Waals surface area (Å²) in [5, 5.41) is 2.98. The van der Waals surface area contributed by atoms with Gasteiger partial charge < -0.3 is 5.32 Å². The monoisotopic (exact) mass is 184 g/mol. The zero-order valence-electron chi connectivity index (χ0n) is 9.05. The zero-order valence-corrected chi connectivity index (χ0v) is 9.05. The number of hydrogen-bond acceptors (Lipinski definition) is 2. The minimum absolute atomic E-state index is 0.0653. The molecule has 76 valence electrons. The molecule has 13 heavy (non-hydrogen) atoms. The number of carbonyl (C=O) groups is 1. The van der Waals surface area contributed by atoms with E-state index >= 15 is 0 Å². The Labute approximate surface area is 80.5 Å². The molecule has 0 aromatic heterocycles. The predicted octanol–water partition coefficient (Wildman–Crippen LogP) is 0.853. The highest BCUT2D eigenvalue weighted by Crippen LogP contribution is 2.12. The first-order chi connectivity index (χ1) is 5.89. The summed E-state index contributed by atoms with van der Waals surface area (Å²) in [6.07, 6.45) is 0. The smallest absolute Gasteiger partial charge is 0.234 e. The van der Waals surface area contributed by atoms with Gasteiger partial charge in [-0.1, -0.05) is 13.8 Å². The fourth-order valence-electron chi connectivity index (χ4n) is 1.92. The normalized spacial score (nSPS) is 23.3. The maximum atomic E-state index is 11.3. The second kappa shape index (κ2) is 3.66. The zero-order chi connectivity index (χ0) is 10.1. The lowest BCUT2D eigenvalue weighted by Gasteiger charge is -2.39. The molecule has 0 aromatic rings. The predicted molar refractivity (Wildman–Crippen MR) is 53.5 cm³/mol. The third kappa shape index (κ3) is 3.35. The molecule has 1 aliphatic heterocycles. The van der Waals surface area contributed by atoms with Crippen LogP contribution in [0.2, 0.25) is 0 Å². The molecule has 0 aliphatic carbocycles. The number of nitrogens with zero attached hydrogens (tertiary/aromatic N) is 1. The number of amides is 1. The van der Waals surface area contributed by atoms with E-state index in [2.05, 4.69) is 37.9 Å². The molecule has 1 N–H and O–H groups in total. The van der Waals surface area contributed by atoms with Crippen LogP contribution in [-0.2, 0) is 4.79 Å². The lowest BCUT2D eigenvalue weighted by molar-refractivity contribution is -0.127. The van der Waals surface area contributed by atoms with Gasteiger partial charge in [0.25, 0.3) is 0 Å². The molecule has 1 aliphatic rings. The third-order valence-corrected chi connectivity index (χ3v) is 2.09. The van der Waals surface area contributed by atoms with Crippen LogP contribution in [0.3, 0.4) is 0 Å². The SMILES string of the molecule is CC(C)CN1CC(=O)NC(C)(C)C1. The highest BCUT2D eigenvalue weighted by Gasteiger charge is 2.30. The molecule has 0 atom stereocenters. The number of nitrogens with one attached hydrogen (secondary N) is 1. The van der Waals surface area contributed by atoms with Crippen molar-refractivity contribution in [2.45, 2.75) is 33.2 Å². The molecule has 0 spiro atoms. The van der Waals surface area contributed by atoms with E-state index < -0.39 is 0 Å². The van der Waals surface area contributed by atoms with Crippen LogP contribution in [0.5, 0.6) is 0 Å². The van der Waals surface area contributed by atoms with E-state index in [0.29, 0.717) is 12.5 Å². The molecule has 1 fully saturated rings. The molecule has 0 radical (unpaired) electrons. The molecule has 1 saturated heterocycles. The Morgan fingerprint density at radius 1 is 1.54 bits per heavy atom. The van der Waals surface area contributed by atoms with Crippen molar-refractivity contribution in [1.82, 2.24) is 10.2 Å². The second-order valence-corrected chi connectivity index (χ2v) is 5.00. The van der Waals surface area contributed by atoms with Crippen LogP contribution in [0.15, 0.2) is 0 Å². The molecular weight excluding hydrogens is 164 g/mol. The fourth-order valence-corrected chi connectivity index (χ4v) is 1.92. The first-order valence-electron chi connectivity index (χ1n) is 4.92. The first kappa shape index (κ1) is 10.5. The van der Waals surface area contributed by atoms with Crippen molar-refractivity contribution in [3.8, 4) is 0 Å². The van der Waals surface area contributed by atoms with Gasteiger partial charge in [-0.2, -0.15) is 0 Å². The molecular formula is C10H20N2O. The summed E-state index contributed by atoms with van der Waals surface area (Å²) in [6.45, 7) is 11.0. The molecule has 1 heterocycles. The van der Waals surface area contributed by atoms with Crippen molar-refractivity contribution in [3.63, 3.8) is 0 Å². The quantitative estimate of drug-likeness (QED) is 0.690. The highest BCUT2D eigenvalue weighted by molar-refractivity contribution is 5.79. The number of piperazine rings is 1. The van der Waals surface area contributed by atoms with Gasteiger partial charge in [0.2, 0.25) is 5.91 Å². The fraction of sp³-hybridized carbons (Fsp3) is 0.900. The maximum Gasteiger partial charge on any atom is 0.234 e. The van der Waals surface area contributed by atoms with Gasteiger partial charge in [0, 0.05) is 18.6 Å². The lowest BCUT2D eigenvalue weighted by atomic mass is 10.0. The van der Waals surface area contributed by atoms with E-state index in [-0.39, 0.29) is 11.4 Å². The number of carbonyl (C=O) groups excluding carboxylic acids is 1. The Morgan fingerprint density at radius 3 is 2.62 bits per heavy atom. The molecule has 1 rings (SSSR count). The molecule has 3 nitrogen and oxygen atoms in total. The van der Waals surface area contributed by atoms with Crippen LogP contribution in [0.4, 0.5) is 0 Å². The number of rotatable bonds is 2. The number of hydrogen-bond donors (Lipinski definition) is 1. The average Bonchev–Trinajstić information content (AvgIpc) is 1.78. The molecule has 0 saturated carbocycles. The van der Waals surface area contributed by atoms with Gasteiger partial charge in [-0.25, -0.2) is 0 Å². The van der Waals surface area contributed by atoms with Crippen LogP contribution in [0.1, 0.15) is 27.7 Å². The molecule has 0 bridgehead atoms. The van der Waals surface area contributed by atoms with Gasteiger partial charge in [0.05, 0.1) is 6.54 Å². The largest absolute Gasteiger partial charge is 0.349 e. The van der Waals surface area contributed by atoms with Crippen LogP contribution in [-0.4, -0.2) is 36.0 Å². The second-order valence-electron chi connectivity index (χ2n) is 5.00. The summed E-state index contributed by atoms with van der Waals surface area (Å²) in [4.78, 5) is 13.5. The summed E-state index contributed by atoms with van der Waals surface area (Å²) in [7, 11) is 0. The van der Waals surface area contributed by atoms with Crippen LogP contribution >= 0.6 is 0 Å². The van der Waals surface area contributed by atoms with Crippen LogP contribution < -0.4 is 5.32 Å². The van der Waals surface area contributed by atoms with Crippen molar-refractivity contribution < 1.29 is 4.79 Å². The minimum Gasteiger partial charge on any atom is -0.349 e.